The number of anilines is 1. The molecule has 1 fully saturated rings. The van der Waals surface area contributed by atoms with Crippen molar-refractivity contribution in [3.8, 4) is 5.75 Å². The standard InChI is InChI=1S/C15H20ClN3O4/c1-9(2)23-12-4-3-10(7-11(12)16)18-15(21)19-5-6-22-13(8-19)14(17)20/h3-4,7,9,13H,5-6,8H2,1-2H3,(H2,17,20)(H,18,21)/t13-/m1/s1. The minimum atomic E-state index is -0.778. The molecular formula is C15H20ClN3O4. The van der Waals surface area contributed by atoms with Crippen molar-refractivity contribution < 1.29 is 19.1 Å². The number of nitrogens with zero attached hydrogens (tertiary/aromatic N) is 1. The molecule has 0 unspecified atom stereocenters. The summed E-state index contributed by atoms with van der Waals surface area (Å²) in [6, 6.07) is 4.67. The maximum absolute atomic E-state index is 12.2. The molecule has 23 heavy (non-hydrogen) atoms. The van der Waals surface area contributed by atoms with Crippen LogP contribution in [0.25, 0.3) is 0 Å². The van der Waals surface area contributed by atoms with Gasteiger partial charge < -0.3 is 25.4 Å². The number of benzene rings is 1. The van der Waals surface area contributed by atoms with Crippen molar-refractivity contribution in [1.29, 1.82) is 0 Å². The summed E-state index contributed by atoms with van der Waals surface area (Å²) in [6.07, 6.45) is -0.771. The number of carbonyl (C=O) groups is 2. The monoisotopic (exact) mass is 341 g/mol. The van der Waals surface area contributed by atoms with Crippen LogP contribution < -0.4 is 15.8 Å². The zero-order valence-electron chi connectivity index (χ0n) is 13.0. The normalized spacial score (nSPS) is 17.9. The highest BCUT2D eigenvalue weighted by molar-refractivity contribution is 6.32. The van der Waals surface area contributed by atoms with Gasteiger partial charge in [-0.1, -0.05) is 11.6 Å². The van der Waals surface area contributed by atoms with E-state index in [4.69, 9.17) is 26.8 Å². The maximum Gasteiger partial charge on any atom is 0.322 e. The summed E-state index contributed by atoms with van der Waals surface area (Å²) >= 11 is 6.14. The van der Waals surface area contributed by atoms with Crippen molar-refractivity contribution in [2.45, 2.75) is 26.1 Å². The Labute approximate surface area is 139 Å². The van der Waals surface area contributed by atoms with Gasteiger partial charge >= 0.3 is 6.03 Å². The first-order chi connectivity index (χ1) is 10.9. The number of carbonyl (C=O) groups excluding carboxylic acids is 2. The summed E-state index contributed by atoms with van der Waals surface area (Å²) in [4.78, 5) is 24.9. The van der Waals surface area contributed by atoms with Gasteiger partial charge in [-0.25, -0.2) is 4.79 Å². The molecule has 0 radical (unpaired) electrons. The van der Waals surface area contributed by atoms with Gasteiger partial charge in [0.05, 0.1) is 24.3 Å². The molecule has 1 aromatic rings. The van der Waals surface area contributed by atoms with Gasteiger partial charge in [-0.15, -0.1) is 0 Å². The van der Waals surface area contributed by atoms with Crippen molar-refractivity contribution in [1.82, 2.24) is 4.90 Å². The molecule has 1 aliphatic heterocycles. The number of hydrogen-bond acceptors (Lipinski definition) is 4. The van der Waals surface area contributed by atoms with E-state index in [1.807, 2.05) is 13.8 Å². The fraction of sp³-hybridized carbons (Fsp3) is 0.467. The van der Waals surface area contributed by atoms with Crippen LogP contribution in [-0.2, 0) is 9.53 Å². The predicted molar refractivity (Wildman–Crippen MR) is 86.7 cm³/mol. The molecule has 8 heteroatoms. The van der Waals surface area contributed by atoms with E-state index in [0.717, 1.165) is 0 Å². The molecule has 3 amide bonds. The smallest absolute Gasteiger partial charge is 0.322 e. The third-order valence-corrected chi connectivity index (χ3v) is 3.51. The molecule has 0 saturated carbocycles. The minimum absolute atomic E-state index is 0.00650. The number of ether oxygens (including phenoxy) is 2. The Morgan fingerprint density at radius 2 is 2.22 bits per heavy atom. The molecule has 0 aliphatic carbocycles. The second kappa shape index (κ2) is 7.52. The van der Waals surface area contributed by atoms with Gasteiger partial charge in [-0.2, -0.15) is 0 Å². The Morgan fingerprint density at radius 3 is 2.83 bits per heavy atom. The first-order valence-electron chi connectivity index (χ1n) is 7.30. The quantitative estimate of drug-likeness (QED) is 0.873. The molecule has 0 spiro atoms. The van der Waals surface area contributed by atoms with Crippen LogP contribution >= 0.6 is 11.6 Å². The van der Waals surface area contributed by atoms with Crippen LogP contribution in [0.15, 0.2) is 18.2 Å². The number of primary amides is 1. The highest BCUT2D eigenvalue weighted by atomic mass is 35.5. The van der Waals surface area contributed by atoms with Gasteiger partial charge in [0.25, 0.3) is 0 Å². The lowest BCUT2D eigenvalue weighted by Gasteiger charge is -2.31. The van der Waals surface area contributed by atoms with Gasteiger partial charge in [0.15, 0.2) is 6.10 Å². The lowest BCUT2D eigenvalue weighted by Crippen LogP contribution is -2.51. The Bertz CT molecular complexity index is 594. The number of morpholine rings is 1. The molecule has 0 aromatic heterocycles. The van der Waals surface area contributed by atoms with Crippen LogP contribution in [0.4, 0.5) is 10.5 Å². The van der Waals surface area contributed by atoms with Crippen molar-refractivity contribution in [3.63, 3.8) is 0 Å². The molecule has 1 aliphatic rings. The number of rotatable bonds is 4. The predicted octanol–water partition coefficient (Wildman–Crippen LogP) is 1.85. The number of hydrogen-bond donors (Lipinski definition) is 2. The first kappa shape index (κ1) is 17.4. The van der Waals surface area contributed by atoms with Crippen LogP contribution in [-0.4, -0.2) is 48.7 Å². The topological polar surface area (TPSA) is 93.9 Å². The van der Waals surface area contributed by atoms with Crippen molar-refractivity contribution in [2.24, 2.45) is 5.73 Å². The van der Waals surface area contributed by atoms with E-state index in [2.05, 4.69) is 5.32 Å². The van der Waals surface area contributed by atoms with E-state index < -0.39 is 12.0 Å². The largest absolute Gasteiger partial charge is 0.489 e. The number of urea groups is 1. The fourth-order valence-corrected chi connectivity index (χ4v) is 2.36. The summed E-state index contributed by atoms with van der Waals surface area (Å²) in [7, 11) is 0. The van der Waals surface area contributed by atoms with Crippen LogP contribution in [0, 0.1) is 0 Å². The van der Waals surface area contributed by atoms with E-state index in [1.165, 1.54) is 4.90 Å². The summed E-state index contributed by atoms with van der Waals surface area (Å²) < 4.78 is 10.7. The van der Waals surface area contributed by atoms with Gasteiger partial charge in [-0.3, -0.25) is 4.79 Å². The molecule has 2 rings (SSSR count). The summed E-state index contributed by atoms with van der Waals surface area (Å²) in [5, 5.41) is 3.14. The second-order valence-electron chi connectivity index (χ2n) is 5.45. The Balaban J connectivity index is 2.00. The van der Waals surface area contributed by atoms with Crippen LogP contribution in [0.5, 0.6) is 5.75 Å². The molecule has 7 nitrogen and oxygen atoms in total. The number of amides is 3. The number of nitrogens with one attached hydrogen (secondary N) is 1. The lowest BCUT2D eigenvalue weighted by atomic mass is 10.2. The van der Waals surface area contributed by atoms with Crippen LogP contribution in [0.1, 0.15) is 13.8 Å². The molecular weight excluding hydrogens is 322 g/mol. The van der Waals surface area contributed by atoms with E-state index >= 15 is 0 Å². The summed E-state index contributed by atoms with van der Waals surface area (Å²) in [6.45, 7) is 4.59. The number of nitrogens with two attached hydrogens (primary N) is 1. The van der Waals surface area contributed by atoms with E-state index in [-0.39, 0.29) is 25.3 Å². The molecule has 1 aromatic carbocycles. The molecule has 1 heterocycles. The van der Waals surface area contributed by atoms with Crippen molar-refractivity contribution >= 4 is 29.2 Å². The Kier molecular flexibility index (Phi) is 5.68. The van der Waals surface area contributed by atoms with Gasteiger partial charge in [-0.05, 0) is 32.0 Å². The first-order valence-corrected chi connectivity index (χ1v) is 7.67. The highest BCUT2D eigenvalue weighted by Crippen LogP contribution is 2.28. The van der Waals surface area contributed by atoms with Crippen LogP contribution in [0.2, 0.25) is 5.02 Å². The SMILES string of the molecule is CC(C)Oc1ccc(NC(=O)N2CCO[C@@H](C(N)=O)C2)cc1Cl. The molecule has 1 saturated heterocycles. The van der Waals surface area contributed by atoms with Gasteiger partial charge in [0, 0.05) is 12.2 Å². The van der Waals surface area contributed by atoms with E-state index in [1.54, 1.807) is 18.2 Å². The summed E-state index contributed by atoms with van der Waals surface area (Å²) in [5.41, 5.74) is 5.74. The minimum Gasteiger partial charge on any atom is -0.489 e. The number of halogens is 1. The Hall–Kier alpha value is -1.99. The third-order valence-electron chi connectivity index (χ3n) is 3.22. The Morgan fingerprint density at radius 1 is 1.48 bits per heavy atom. The van der Waals surface area contributed by atoms with Crippen LogP contribution in [0.3, 0.4) is 0 Å². The molecule has 3 N–H and O–H groups in total. The molecule has 1 atom stereocenters. The lowest BCUT2D eigenvalue weighted by molar-refractivity contribution is -0.133. The van der Waals surface area contributed by atoms with Gasteiger partial charge in [0.1, 0.15) is 5.75 Å². The third kappa shape index (κ3) is 4.74. The average Bonchev–Trinajstić information content (AvgIpc) is 2.49. The van der Waals surface area contributed by atoms with E-state index in [0.29, 0.717) is 23.0 Å². The average molecular weight is 342 g/mol. The molecule has 0 bridgehead atoms. The zero-order valence-corrected chi connectivity index (χ0v) is 13.8. The maximum atomic E-state index is 12.2. The highest BCUT2D eigenvalue weighted by Gasteiger charge is 2.27. The fourth-order valence-electron chi connectivity index (χ4n) is 2.14. The van der Waals surface area contributed by atoms with Crippen molar-refractivity contribution in [2.75, 3.05) is 25.0 Å². The molecule has 126 valence electrons. The van der Waals surface area contributed by atoms with E-state index in [9.17, 15) is 9.59 Å². The van der Waals surface area contributed by atoms with Crippen molar-refractivity contribution in [3.05, 3.63) is 23.2 Å². The second-order valence-corrected chi connectivity index (χ2v) is 5.86. The zero-order chi connectivity index (χ0) is 17.0. The van der Waals surface area contributed by atoms with Gasteiger partial charge in [0.2, 0.25) is 5.91 Å². The summed E-state index contributed by atoms with van der Waals surface area (Å²) in [5.74, 6) is -0.0273.